The minimum atomic E-state index is -0.279. The highest BCUT2D eigenvalue weighted by Gasteiger charge is 2.63. The van der Waals surface area contributed by atoms with E-state index in [0.717, 1.165) is 44.6 Å². The Morgan fingerprint density at radius 3 is 3.05 bits per heavy atom. The smallest absolute Gasteiger partial charge is 0.179 e. The molecule has 0 unspecified atom stereocenters. The van der Waals surface area contributed by atoms with Crippen LogP contribution in [0.4, 0.5) is 0 Å². The molecule has 2 bridgehead atoms. The molecule has 0 amide bonds. The van der Waals surface area contributed by atoms with E-state index in [-0.39, 0.29) is 17.1 Å². The molecule has 0 spiro atoms. The van der Waals surface area contributed by atoms with E-state index in [0.29, 0.717) is 0 Å². The number of hydrogen-bond donors (Lipinski definition) is 0. The Labute approximate surface area is 131 Å². The Kier molecular flexibility index (Phi) is 2.93. The zero-order chi connectivity index (χ0) is 15.4. The van der Waals surface area contributed by atoms with E-state index in [1.54, 1.807) is 7.11 Å². The second-order valence-corrected chi connectivity index (χ2v) is 6.93. The summed E-state index contributed by atoms with van der Waals surface area (Å²) < 4.78 is 11.8. The molecule has 2 fully saturated rings. The Balaban J connectivity index is 1.93. The van der Waals surface area contributed by atoms with Crippen molar-refractivity contribution in [2.75, 3.05) is 20.3 Å². The van der Waals surface area contributed by atoms with Crippen LogP contribution in [0.25, 0.3) is 0 Å². The van der Waals surface area contributed by atoms with Gasteiger partial charge in [-0.25, -0.2) is 0 Å². The number of hydrogen-bond acceptors (Lipinski definition) is 4. The number of likely N-dealkylation sites (tertiary alicyclic amines) is 1. The first-order valence-corrected chi connectivity index (χ1v) is 8.12. The molecule has 2 aliphatic heterocycles. The van der Waals surface area contributed by atoms with Crippen LogP contribution in [-0.4, -0.2) is 36.8 Å². The second-order valence-electron chi connectivity index (χ2n) is 6.93. The lowest BCUT2D eigenvalue weighted by Gasteiger charge is -2.63. The van der Waals surface area contributed by atoms with Crippen LogP contribution in [0.1, 0.15) is 37.3 Å². The minimum Gasteiger partial charge on any atom is -0.497 e. The van der Waals surface area contributed by atoms with Crippen molar-refractivity contribution in [3.63, 3.8) is 0 Å². The summed E-state index contributed by atoms with van der Waals surface area (Å²) in [6.07, 6.45) is 6.48. The Morgan fingerprint density at radius 1 is 1.41 bits per heavy atom. The van der Waals surface area contributed by atoms with E-state index in [1.165, 1.54) is 11.1 Å². The lowest BCUT2D eigenvalue weighted by molar-refractivity contribution is -0.188. The van der Waals surface area contributed by atoms with Gasteiger partial charge in [0, 0.05) is 18.6 Å². The summed E-state index contributed by atoms with van der Waals surface area (Å²) in [5.74, 6) is 0.919. The molecule has 0 N–H and O–H groups in total. The maximum atomic E-state index is 9.54. The van der Waals surface area contributed by atoms with Gasteiger partial charge in [0.15, 0.2) is 6.19 Å². The van der Waals surface area contributed by atoms with E-state index in [2.05, 4.69) is 25.2 Å². The average molecular weight is 298 g/mol. The number of piperidine rings is 1. The summed E-state index contributed by atoms with van der Waals surface area (Å²) in [6, 6.07) is 6.57. The molecule has 1 aliphatic carbocycles. The molecule has 4 nitrogen and oxygen atoms in total. The molecule has 2 heterocycles. The SMILES string of the molecule is COc1ccc2c(c1)[C@@]13CCCO[C@@]1(C)[C@@H](C2)N(C#N)CC3. The van der Waals surface area contributed by atoms with Gasteiger partial charge in [0.05, 0.1) is 18.8 Å². The molecule has 0 radical (unpaired) electrons. The maximum absolute atomic E-state index is 9.54. The Morgan fingerprint density at radius 2 is 2.27 bits per heavy atom. The largest absolute Gasteiger partial charge is 0.497 e. The van der Waals surface area contributed by atoms with Crippen molar-refractivity contribution in [1.29, 1.82) is 5.26 Å². The maximum Gasteiger partial charge on any atom is 0.179 e. The van der Waals surface area contributed by atoms with Crippen LogP contribution in [0.2, 0.25) is 0 Å². The van der Waals surface area contributed by atoms with E-state index >= 15 is 0 Å². The first kappa shape index (κ1) is 13.9. The predicted molar refractivity (Wildman–Crippen MR) is 82.7 cm³/mol. The molecular formula is C18H22N2O2. The summed E-state index contributed by atoms with van der Waals surface area (Å²) in [6.45, 7) is 3.85. The summed E-state index contributed by atoms with van der Waals surface area (Å²) in [4.78, 5) is 1.94. The second kappa shape index (κ2) is 4.63. The van der Waals surface area contributed by atoms with Gasteiger partial charge >= 0.3 is 0 Å². The third kappa shape index (κ3) is 1.55. The van der Waals surface area contributed by atoms with Crippen LogP contribution in [0.15, 0.2) is 18.2 Å². The monoisotopic (exact) mass is 298 g/mol. The van der Waals surface area contributed by atoms with Crippen LogP contribution in [-0.2, 0) is 16.6 Å². The van der Waals surface area contributed by atoms with Crippen molar-refractivity contribution in [2.45, 2.75) is 49.7 Å². The Hall–Kier alpha value is -1.73. The van der Waals surface area contributed by atoms with Gasteiger partial charge in [-0.1, -0.05) is 6.07 Å². The summed E-state index contributed by atoms with van der Waals surface area (Å²) in [5.41, 5.74) is 2.49. The highest BCUT2D eigenvalue weighted by atomic mass is 16.5. The number of rotatable bonds is 1. The topological polar surface area (TPSA) is 45.5 Å². The van der Waals surface area contributed by atoms with Crippen molar-refractivity contribution in [3.8, 4) is 11.9 Å². The highest BCUT2D eigenvalue weighted by Crippen LogP contribution is 2.57. The van der Waals surface area contributed by atoms with Gasteiger partial charge in [-0.15, -0.1) is 0 Å². The zero-order valence-electron chi connectivity index (χ0n) is 13.3. The lowest BCUT2D eigenvalue weighted by atomic mass is 9.52. The molecule has 1 aromatic carbocycles. The quantitative estimate of drug-likeness (QED) is 0.748. The molecule has 22 heavy (non-hydrogen) atoms. The van der Waals surface area contributed by atoms with Crippen molar-refractivity contribution < 1.29 is 9.47 Å². The van der Waals surface area contributed by atoms with Gasteiger partial charge in [-0.3, -0.25) is 0 Å². The van der Waals surface area contributed by atoms with Gasteiger partial charge < -0.3 is 14.4 Å². The van der Waals surface area contributed by atoms with Crippen LogP contribution >= 0.6 is 0 Å². The molecular weight excluding hydrogens is 276 g/mol. The van der Waals surface area contributed by atoms with Gasteiger partial charge in [0.1, 0.15) is 5.75 Å². The number of fused-ring (bicyclic) bond motifs is 1. The number of nitriles is 1. The van der Waals surface area contributed by atoms with Crippen LogP contribution in [0.5, 0.6) is 5.75 Å². The molecule has 3 atom stereocenters. The van der Waals surface area contributed by atoms with Crippen molar-refractivity contribution in [3.05, 3.63) is 29.3 Å². The predicted octanol–water partition coefficient (Wildman–Crippen LogP) is 2.61. The molecule has 4 heteroatoms. The first-order valence-electron chi connectivity index (χ1n) is 8.12. The number of ether oxygens (including phenoxy) is 2. The fourth-order valence-corrected chi connectivity index (χ4v) is 5.07. The standard InChI is InChI=1S/C18H22N2O2/c1-17-16-10-13-4-5-14(21-2)11-15(13)18(17,6-3-9-22-17)7-8-20(16)12-19/h4-5,11,16H,3,6-10H2,1-2H3/t16-,17+,18+/m1/s1. The van der Waals surface area contributed by atoms with Gasteiger partial charge in [-0.05, 0) is 55.9 Å². The molecule has 0 aromatic heterocycles. The van der Waals surface area contributed by atoms with Gasteiger partial charge in [-0.2, -0.15) is 5.26 Å². The van der Waals surface area contributed by atoms with Crippen LogP contribution in [0.3, 0.4) is 0 Å². The fraction of sp³-hybridized carbons (Fsp3) is 0.611. The third-order valence-corrected chi connectivity index (χ3v) is 6.27. The number of nitrogens with zero attached hydrogens (tertiary/aromatic N) is 2. The molecule has 3 aliphatic rings. The number of methoxy groups -OCH3 is 1. The normalized spacial score (nSPS) is 36.0. The summed E-state index contributed by atoms with van der Waals surface area (Å²) >= 11 is 0. The zero-order valence-corrected chi connectivity index (χ0v) is 13.3. The van der Waals surface area contributed by atoms with E-state index in [9.17, 15) is 5.26 Å². The van der Waals surface area contributed by atoms with Crippen molar-refractivity contribution in [1.82, 2.24) is 4.90 Å². The van der Waals surface area contributed by atoms with E-state index in [4.69, 9.17) is 9.47 Å². The molecule has 2 saturated heterocycles. The summed E-state index contributed by atoms with van der Waals surface area (Å²) in [7, 11) is 1.72. The van der Waals surface area contributed by atoms with Crippen molar-refractivity contribution >= 4 is 0 Å². The Bertz CT molecular complexity index is 653. The highest BCUT2D eigenvalue weighted by molar-refractivity contribution is 5.48. The van der Waals surface area contributed by atoms with E-state index < -0.39 is 0 Å². The van der Waals surface area contributed by atoms with Crippen LogP contribution in [0, 0.1) is 11.5 Å². The van der Waals surface area contributed by atoms with Crippen LogP contribution < -0.4 is 4.74 Å². The van der Waals surface area contributed by atoms with Gasteiger partial charge in [0.2, 0.25) is 0 Å². The van der Waals surface area contributed by atoms with E-state index in [1.807, 2.05) is 11.0 Å². The van der Waals surface area contributed by atoms with Crippen molar-refractivity contribution in [2.24, 2.45) is 0 Å². The molecule has 1 aromatic rings. The summed E-state index contributed by atoms with van der Waals surface area (Å²) in [5, 5.41) is 9.54. The third-order valence-electron chi connectivity index (χ3n) is 6.27. The first-order chi connectivity index (χ1) is 10.6. The average Bonchev–Trinajstić information content (AvgIpc) is 2.54. The van der Waals surface area contributed by atoms with Gasteiger partial charge in [0.25, 0.3) is 0 Å². The molecule has 4 rings (SSSR count). The molecule has 116 valence electrons. The number of benzene rings is 1. The lowest BCUT2D eigenvalue weighted by Crippen LogP contribution is -2.71. The molecule has 0 saturated carbocycles. The minimum absolute atomic E-state index is 0.0192. The fourth-order valence-electron chi connectivity index (χ4n) is 5.07.